The molecule has 3 heteroatoms. The van der Waals surface area contributed by atoms with E-state index in [2.05, 4.69) is 12.1 Å². The SMILES string of the molecule is COc1c(C)ccc(C2(CN)CCCC2)c1OC. The Kier molecular flexibility index (Phi) is 3.81. The number of nitrogens with two attached hydrogens (primary N) is 1. The zero-order valence-corrected chi connectivity index (χ0v) is 11.6. The second-order valence-corrected chi connectivity index (χ2v) is 5.19. The molecule has 18 heavy (non-hydrogen) atoms. The Hall–Kier alpha value is -1.22. The van der Waals surface area contributed by atoms with E-state index in [0.29, 0.717) is 6.54 Å². The van der Waals surface area contributed by atoms with Crippen molar-refractivity contribution in [2.45, 2.75) is 38.0 Å². The van der Waals surface area contributed by atoms with E-state index in [-0.39, 0.29) is 5.41 Å². The summed E-state index contributed by atoms with van der Waals surface area (Å²) in [6.45, 7) is 2.71. The third-order valence-corrected chi connectivity index (χ3v) is 4.24. The first-order valence-corrected chi connectivity index (χ1v) is 6.60. The number of methoxy groups -OCH3 is 2. The normalized spacial score (nSPS) is 17.8. The predicted molar refractivity (Wildman–Crippen MR) is 73.5 cm³/mol. The van der Waals surface area contributed by atoms with Gasteiger partial charge in [0.25, 0.3) is 0 Å². The van der Waals surface area contributed by atoms with E-state index in [4.69, 9.17) is 15.2 Å². The summed E-state index contributed by atoms with van der Waals surface area (Å²) in [6.07, 6.45) is 4.78. The highest BCUT2D eigenvalue weighted by Gasteiger charge is 2.37. The Morgan fingerprint density at radius 3 is 2.22 bits per heavy atom. The number of aryl methyl sites for hydroxylation is 1. The van der Waals surface area contributed by atoms with Crippen LogP contribution in [-0.4, -0.2) is 20.8 Å². The molecule has 1 fully saturated rings. The van der Waals surface area contributed by atoms with Crippen molar-refractivity contribution in [1.29, 1.82) is 0 Å². The van der Waals surface area contributed by atoms with Gasteiger partial charge in [0.2, 0.25) is 0 Å². The summed E-state index contributed by atoms with van der Waals surface area (Å²) in [7, 11) is 3.40. The number of benzene rings is 1. The second kappa shape index (κ2) is 5.19. The molecule has 0 amide bonds. The molecule has 2 N–H and O–H groups in total. The van der Waals surface area contributed by atoms with Crippen LogP contribution in [0, 0.1) is 6.92 Å². The van der Waals surface area contributed by atoms with Gasteiger partial charge in [-0.25, -0.2) is 0 Å². The molecule has 0 spiro atoms. The van der Waals surface area contributed by atoms with Crippen LogP contribution in [0.4, 0.5) is 0 Å². The fraction of sp³-hybridized carbons (Fsp3) is 0.600. The van der Waals surface area contributed by atoms with Crippen molar-refractivity contribution < 1.29 is 9.47 Å². The van der Waals surface area contributed by atoms with Crippen molar-refractivity contribution in [3.63, 3.8) is 0 Å². The van der Waals surface area contributed by atoms with Crippen LogP contribution >= 0.6 is 0 Å². The fourth-order valence-electron chi connectivity index (χ4n) is 3.17. The lowest BCUT2D eigenvalue weighted by Crippen LogP contribution is -2.32. The lowest BCUT2D eigenvalue weighted by Gasteiger charge is -2.30. The number of hydrogen-bond acceptors (Lipinski definition) is 3. The van der Waals surface area contributed by atoms with Crippen LogP contribution in [0.2, 0.25) is 0 Å². The first-order valence-electron chi connectivity index (χ1n) is 6.60. The average Bonchev–Trinajstić information content (AvgIpc) is 2.88. The minimum Gasteiger partial charge on any atom is -0.493 e. The van der Waals surface area contributed by atoms with Gasteiger partial charge in [0.15, 0.2) is 11.5 Å². The fourth-order valence-corrected chi connectivity index (χ4v) is 3.17. The molecule has 100 valence electrons. The van der Waals surface area contributed by atoms with Crippen LogP contribution in [0.15, 0.2) is 12.1 Å². The molecule has 0 aromatic heterocycles. The maximum atomic E-state index is 6.06. The van der Waals surface area contributed by atoms with Crippen LogP contribution < -0.4 is 15.2 Å². The number of hydrogen-bond donors (Lipinski definition) is 1. The van der Waals surface area contributed by atoms with E-state index < -0.39 is 0 Å². The maximum Gasteiger partial charge on any atom is 0.164 e. The lowest BCUT2D eigenvalue weighted by atomic mass is 9.78. The molecule has 0 heterocycles. The van der Waals surface area contributed by atoms with Crippen LogP contribution in [0.1, 0.15) is 36.8 Å². The van der Waals surface area contributed by atoms with Gasteiger partial charge in [0.1, 0.15) is 0 Å². The van der Waals surface area contributed by atoms with Crippen molar-refractivity contribution in [2.75, 3.05) is 20.8 Å². The molecule has 0 saturated heterocycles. The molecular formula is C15H23NO2. The highest BCUT2D eigenvalue weighted by Crippen LogP contribution is 2.47. The summed E-state index contributed by atoms with van der Waals surface area (Å²) < 4.78 is 11.1. The number of rotatable bonds is 4. The van der Waals surface area contributed by atoms with Crippen molar-refractivity contribution in [3.05, 3.63) is 23.3 Å². The minimum absolute atomic E-state index is 0.0757. The van der Waals surface area contributed by atoms with Gasteiger partial charge in [-0.2, -0.15) is 0 Å². The van der Waals surface area contributed by atoms with Crippen LogP contribution in [0.5, 0.6) is 11.5 Å². The molecule has 1 saturated carbocycles. The third-order valence-electron chi connectivity index (χ3n) is 4.24. The molecule has 0 radical (unpaired) electrons. The quantitative estimate of drug-likeness (QED) is 0.892. The van der Waals surface area contributed by atoms with E-state index in [1.807, 2.05) is 6.92 Å². The summed E-state index contributed by atoms with van der Waals surface area (Å²) in [5, 5.41) is 0. The molecule has 0 bridgehead atoms. The Labute approximate surface area is 109 Å². The van der Waals surface area contributed by atoms with Crippen LogP contribution in [-0.2, 0) is 5.41 Å². The van der Waals surface area contributed by atoms with E-state index in [1.54, 1.807) is 14.2 Å². The average molecular weight is 249 g/mol. The molecule has 1 aliphatic carbocycles. The van der Waals surface area contributed by atoms with Gasteiger partial charge in [0.05, 0.1) is 14.2 Å². The lowest BCUT2D eigenvalue weighted by molar-refractivity contribution is 0.335. The highest BCUT2D eigenvalue weighted by molar-refractivity contribution is 5.54. The van der Waals surface area contributed by atoms with E-state index in [1.165, 1.54) is 18.4 Å². The summed E-state index contributed by atoms with van der Waals surface area (Å²) in [4.78, 5) is 0. The zero-order chi connectivity index (χ0) is 13.2. The Bertz CT molecular complexity index is 423. The predicted octanol–water partition coefficient (Wildman–Crippen LogP) is 2.78. The maximum absolute atomic E-state index is 6.06. The molecule has 2 rings (SSSR count). The summed E-state index contributed by atoms with van der Waals surface area (Å²) in [5.74, 6) is 1.71. The van der Waals surface area contributed by atoms with Gasteiger partial charge in [0, 0.05) is 17.5 Å². The molecule has 0 unspecified atom stereocenters. The van der Waals surface area contributed by atoms with Crippen LogP contribution in [0.3, 0.4) is 0 Å². The molecule has 1 aliphatic rings. The third kappa shape index (κ3) is 1.97. The van der Waals surface area contributed by atoms with Crippen molar-refractivity contribution >= 4 is 0 Å². The second-order valence-electron chi connectivity index (χ2n) is 5.19. The van der Waals surface area contributed by atoms with Crippen molar-refractivity contribution in [3.8, 4) is 11.5 Å². The number of ether oxygens (including phenoxy) is 2. The zero-order valence-electron chi connectivity index (χ0n) is 11.6. The van der Waals surface area contributed by atoms with Gasteiger partial charge in [-0.15, -0.1) is 0 Å². The van der Waals surface area contributed by atoms with Crippen LogP contribution in [0.25, 0.3) is 0 Å². The van der Waals surface area contributed by atoms with E-state index >= 15 is 0 Å². The van der Waals surface area contributed by atoms with E-state index in [0.717, 1.165) is 29.9 Å². The van der Waals surface area contributed by atoms with E-state index in [9.17, 15) is 0 Å². The van der Waals surface area contributed by atoms with Gasteiger partial charge < -0.3 is 15.2 Å². The first kappa shape index (κ1) is 13.2. The monoisotopic (exact) mass is 249 g/mol. The molecule has 3 nitrogen and oxygen atoms in total. The first-order chi connectivity index (χ1) is 8.68. The highest BCUT2D eigenvalue weighted by atomic mass is 16.5. The topological polar surface area (TPSA) is 44.5 Å². The molecule has 1 aromatic rings. The van der Waals surface area contributed by atoms with Gasteiger partial charge in [-0.1, -0.05) is 25.0 Å². The molecular weight excluding hydrogens is 226 g/mol. The summed E-state index contributed by atoms with van der Waals surface area (Å²) in [5.41, 5.74) is 8.45. The summed E-state index contributed by atoms with van der Waals surface area (Å²) in [6, 6.07) is 4.27. The minimum atomic E-state index is 0.0757. The molecule has 0 atom stereocenters. The molecule has 0 aliphatic heterocycles. The molecule has 1 aromatic carbocycles. The van der Waals surface area contributed by atoms with Gasteiger partial charge in [-0.3, -0.25) is 0 Å². The Morgan fingerprint density at radius 2 is 1.72 bits per heavy atom. The Balaban J connectivity index is 2.56. The Morgan fingerprint density at radius 1 is 1.11 bits per heavy atom. The van der Waals surface area contributed by atoms with Crippen molar-refractivity contribution in [2.24, 2.45) is 5.73 Å². The summed E-state index contributed by atoms with van der Waals surface area (Å²) >= 11 is 0. The van der Waals surface area contributed by atoms with Gasteiger partial charge >= 0.3 is 0 Å². The standard InChI is InChI=1S/C15H23NO2/c1-11-6-7-12(14(18-3)13(11)17-2)15(10-16)8-4-5-9-15/h6-7H,4-5,8-10,16H2,1-3H3. The largest absolute Gasteiger partial charge is 0.493 e. The van der Waals surface area contributed by atoms with Gasteiger partial charge in [-0.05, 0) is 25.3 Å². The van der Waals surface area contributed by atoms with Crippen molar-refractivity contribution in [1.82, 2.24) is 0 Å². The smallest absolute Gasteiger partial charge is 0.164 e.